The average Bonchev–Trinajstić information content (AvgIpc) is 1.64. The molecule has 43 heteroatoms. The van der Waals surface area contributed by atoms with Gasteiger partial charge in [0.05, 0.1) is 83.9 Å². The van der Waals surface area contributed by atoms with E-state index in [2.05, 4.69) is 76.4 Å². The van der Waals surface area contributed by atoms with E-state index >= 15 is 0 Å². The number of thiazole rings is 3. The quantitative estimate of drug-likeness (QED) is 0.0136. The second kappa shape index (κ2) is 43.9. The number of carbonyl (C=O) groups is 6. The lowest BCUT2D eigenvalue weighted by molar-refractivity contribution is -0.153. The molecule has 0 saturated heterocycles. The van der Waals surface area contributed by atoms with Gasteiger partial charge in [-0.1, -0.05) is 39.5 Å². The summed E-state index contributed by atoms with van der Waals surface area (Å²) in [5, 5.41) is 41.0. The second-order valence-corrected chi connectivity index (χ2v) is 35.5. The first kappa shape index (κ1) is 94.5. The lowest BCUT2D eigenvalue weighted by atomic mass is 9.93. The number of amides is 3. The summed E-state index contributed by atoms with van der Waals surface area (Å²) in [7, 11) is 0. The smallest absolute Gasteiger partial charge is 0.324 e. The minimum atomic E-state index is -0.868. The van der Waals surface area contributed by atoms with E-state index in [1.165, 1.54) is 54.3 Å². The van der Waals surface area contributed by atoms with Crippen molar-refractivity contribution in [2.75, 3.05) is 35.8 Å². The van der Waals surface area contributed by atoms with Crippen LogP contribution in [0.15, 0.2) is 108 Å². The van der Waals surface area contributed by atoms with E-state index in [0.29, 0.717) is 51.5 Å². The SMILES string of the molecule is CCOC1CCC(n2cc(NC(=O)c3csc(-c4cnn(COC(=O)C(N)C(C)C)c4)n3)c(-c3nc(F)ccc3F)n2)CC1.CCOC1CCC(n2cc(NC(=O)c3csc(-c4cnn(COC(=O)C5CCCC5)c4)n3)c(-c3nc(F)ccc3F)n2)CC1.CCOC1CCC(n2cc(NC(=O)c3csc(-c4cnn(COC(=O)C5CCCC5)c4)n3)c(-c3nc(F)ccc3F)n2)CC1. The molecule has 1 atom stereocenters. The van der Waals surface area contributed by atoms with Gasteiger partial charge in [0.2, 0.25) is 17.8 Å². The fourth-order valence-corrected chi connectivity index (χ4v) is 18.8. The summed E-state index contributed by atoms with van der Waals surface area (Å²) in [5.74, 6) is -7.59. The highest BCUT2D eigenvalue weighted by Crippen LogP contribution is 2.41. The van der Waals surface area contributed by atoms with Gasteiger partial charge in [0.15, 0.2) is 37.6 Å². The van der Waals surface area contributed by atoms with Gasteiger partial charge in [-0.05, 0) is 166 Å². The Morgan fingerprint density at radius 3 is 0.985 bits per heavy atom. The van der Waals surface area contributed by atoms with Gasteiger partial charge < -0.3 is 50.1 Å². The van der Waals surface area contributed by atoms with E-state index in [-0.39, 0.29) is 155 Å². The van der Waals surface area contributed by atoms with Crippen molar-refractivity contribution in [3.8, 4) is 65.9 Å². The number of nitrogens with two attached hydrogens (primary N) is 1. The van der Waals surface area contributed by atoms with E-state index < -0.39 is 65.0 Å². The number of pyridine rings is 3. The topological polar surface area (TPSA) is 404 Å². The largest absolute Gasteiger partial charge is 0.442 e. The Morgan fingerprint density at radius 1 is 0.402 bits per heavy atom. The molecule has 698 valence electrons. The maximum atomic E-state index is 14.8. The highest BCUT2D eigenvalue weighted by Gasteiger charge is 2.34. The van der Waals surface area contributed by atoms with Crippen LogP contribution in [0.2, 0.25) is 0 Å². The maximum absolute atomic E-state index is 14.8. The molecule has 132 heavy (non-hydrogen) atoms. The van der Waals surface area contributed by atoms with E-state index in [1.54, 1.807) is 79.8 Å². The Morgan fingerprint density at radius 2 is 0.697 bits per heavy atom. The first-order valence-electron chi connectivity index (χ1n) is 44.1. The maximum Gasteiger partial charge on any atom is 0.324 e. The zero-order valence-corrected chi connectivity index (χ0v) is 75.5. The van der Waals surface area contributed by atoms with Crippen LogP contribution in [0.1, 0.15) is 213 Å². The summed E-state index contributed by atoms with van der Waals surface area (Å²) >= 11 is 3.72. The number of carbonyl (C=O) groups excluding carboxylic acids is 6. The summed E-state index contributed by atoms with van der Waals surface area (Å²) in [4.78, 5) is 101. The molecule has 34 nitrogen and oxygen atoms in total. The van der Waals surface area contributed by atoms with Crippen molar-refractivity contribution in [3.05, 3.63) is 161 Å². The minimum Gasteiger partial charge on any atom is -0.442 e. The van der Waals surface area contributed by atoms with Crippen LogP contribution in [0, 0.1) is 53.0 Å². The highest BCUT2D eigenvalue weighted by atomic mass is 32.1. The third-order valence-electron chi connectivity index (χ3n) is 23.5. The van der Waals surface area contributed by atoms with Crippen molar-refractivity contribution >= 4 is 86.7 Å². The third-order valence-corrected chi connectivity index (χ3v) is 26.2. The monoisotopic (exact) mass is 1880 g/mol. The summed E-state index contributed by atoms with van der Waals surface area (Å²) in [6.07, 6.45) is 32.6. The summed E-state index contributed by atoms with van der Waals surface area (Å²) in [6.45, 7) is 11.4. The Hall–Kier alpha value is -12.2. The predicted octanol–water partition coefficient (Wildman–Crippen LogP) is 16.8. The Kier molecular flexibility index (Phi) is 31.4. The molecule has 0 aliphatic heterocycles. The van der Waals surface area contributed by atoms with Crippen LogP contribution in [0.25, 0.3) is 65.9 Å². The number of halogens is 6. The van der Waals surface area contributed by atoms with E-state index in [0.717, 1.165) is 165 Å². The molecule has 12 aromatic rings. The number of esters is 3. The van der Waals surface area contributed by atoms with Crippen molar-refractivity contribution < 1.29 is 83.5 Å². The molecule has 5 aliphatic carbocycles. The number of hydrogen-bond donors (Lipinski definition) is 4. The molecule has 5 fully saturated rings. The van der Waals surface area contributed by atoms with Crippen LogP contribution in [0.4, 0.5) is 43.4 Å². The van der Waals surface area contributed by atoms with Crippen molar-refractivity contribution in [3.63, 3.8) is 0 Å². The number of nitrogens with one attached hydrogen (secondary N) is 3. The highest BCUT2D eigenvalue weighted by molar-refractivity contribution is 7.14. The molecule has 5 aliphatic rings. The van der Waals surface area contributed by atoms with Gasteiger partial charge in [-0.3, -0.25) is 42.8 Å². The van der Waals surface area contributed by atoms with Crippen molar-refractivity contribution in [2.24, 2.45) is 23.5 Å². The zero-order chi connectivity index (χ0) is 92.6. The molecule has 0 aromatic carbocycles. The van der Waals surface area contributed by atoms with Gasteiger partial charge >= 0.3 is 17.9 Å². The van der Waals surface area contributed by atoms with Crippen molar-refractivity contribution in [1.29, 1.82) is 0 Å². The molecule has 0 spiro atoms. The first-order chi connectivity index (χ1) is 63.9. The fourth-order valence-electron chi connectivity index (χ4n) is 16.5. The molecular weight excluding hydrogens is 1780 g/mol. The number of hydrogen-bond acceptors (Lipinski definition) is 28. The van der Waals surface area contributed by atoms with Crippen LogP contribution >= 0.6 is 34.0 Å². The van der Waals surface area contributed by atoms with Crippen LogP contribution in [0.5, 0.6) is 0 Å². The van der Waals surface area contributed by atoms with Crippen LogP contribution < -0.4 is 21.7 Å². The van der Waals surface area contributed by atoms with Crippen LogP contribution in [0.3, 0.4) is 0 Å². The normalized spacial score (nSPS) is 18.4. The number of nitrogens with zero attached hydrogens (tertiary/aromatic N) is 18. The number of rotatable bonds is 31. The molecule has 0 bridgehead atoms. The standard InChI is InChI=1S/2C30H33F2N7O4S.C29H34F2N8O4S/c2*1-2-42-21-9-7-20(8-10-21)39-15-23(27(37-39)26-22(31)11-12-25(32)36-26)34-28(40)24-16-44-29(35-24)19-13-33-38(14-19)17-43-30(41)18-5-3-4-6-18;1-4-42-19-7-5-18(6-8-19)39-13-21(26(37-39)25-20(30)9-10-23(31)36-25)34-27(40)22-14-44-28(35-22)17-11-33-38(12-17)15-43-29(41)24(32)16(2)3/h2*11-16,18,20-21H,2-10,17H2,1H3,(H,34,40);9-14,16,18-19,24H,4-8,15,32H2,1-3H3,(H,34,40). The van der Waals surface area contributed by atoms with Gasteiger partial charge in [0.25, 0.3) is 17.7 Å². The molecule has 5 saturated carbocycles. The summed E-state index contributed by atoms with van der Waals surface area (Å²) < 4.78 is 129. The van der Waals surface area contributed by atoms with Crippen molar-refractivity contribution in [2.45, 2.75) is 226 Å². The van der Waals surface area contributed by atoms with Gasteiger partial charge in [-0.2, -0.15) is 43.8 Å². The van der Waals surface area contributed by atoms with E-state index in [1.807, 2.05) is 34.6 Å². The lowest BCUT2D eigenvalue weighted by Gasteiger charge is -2.28. The first-order valence-corrected chi connectivity index (χ1v) is 46.8. The summed E-state index contributed by atoms with van der Waals surface area (Å²) in [5.41, 5.74) is 7.91. The summed E-state index contributed by atoms with van der Waals surface area (Å²) in [6, 6.07) is 5.01. The lowest BCUT2D eigenvalue weighted by Crippen LogP contribution is -2.37. The Balaban J connectivity index is 0.000000151. The van der Waals surface area contributed by atoms with Crippen LogP contribution in [-0.4, -0.2) is 168 Å². The van der Waals surface area contributed by atoms with E-state index in [4.69, 9.17) is 34.2 Å². The fraction of sp³-hybridized carbons (Fsp3) is 0.461. The van der Waals surface area contributed by atoms with Gasteiger partial charge in [-0.25, -0.2) is 57.1 Å². The average molecular weight is 1880 g/mol. The predicted molar refractivity (Wildman–Crippen MR) is 474 cm³/mol. The molecule has 0 radical (unpaired) electrons. The Bertz CT molecular complexity index is 5440. The number of anilines is 3. The van der Waals surface area contributed by atoms with Gasteiger partial charge in [0.1, 0.15) is 72.3 Å². The van der Waals surface area contributed by atoms with Gasteiger partial charge in [-0.15, -0.1) is 34.0 Å². The van der Waals surface area contributed by atoms with Crippen molar-refractivity contribution in [1.82, 2.24) is 88.6 Å². The second-order valence-electron chi connectivity index (χ2n) is 33.0. The molecule has 3 amide bonds. The van der Waals surface area contributed by atoms with Crippen LogP contribution in [-0.2, 0) is 63.0 Å². The number of aromatic nitrogens is 18. The molecule has 17 rings (SSSR count). The van der Waals surface area contributed by atoms with Gasteiger partial charge in [0, 0.05) is 89.8 Å². The third kappa shape index (κ3) is 23.6. The molecule has 12 heterocycles. The zero-order valence-electron chi connectivity index (χ0n) is 73.1. The Labute approximate surface area is 766 Å². The van der Waals surface area contributed by atoms with E-state index in [9.17, 15) is 55.1 Å². The molecule has 1 unspecified atom stereocenters. The molecular formula is C89H100F6N22O12S3. The number of ether oxygens (including phenoxy) is 6. The molecule has 5 N–H and O–H groups in total. The minimum absolute atomic E-state index is 0.00122. The molecule has 12 aromatic heterocycles.